The fourth-order valence-electron chi connectivity index (χ4n) is 3.02. The Balaban J connectivity index is 1.64. The Hall–Kier alpha value is -2.25. The number of nitrogens with zero attached hydrogens (tertiary/aromatic N) is 2. The average molecular weight is 356 g/mol. The number of aryl methyl sites for hydroxylation is 2. The fraction of sp³-hybridized carbons (Fsp3) is 0.235. The highest BCUT2D eigenvalue weighted by Crippen LogP contribution is 2.33. The molecule has 4 rings (SSSR count). The van der Waals surface area contributed by atoms with Gasteiger partial charge in [0.2, 0.25) is 0 Å². The molecule has 0 unspecified atom stereocenters. The van der Waals surface area contributed by atoms with Crippen LogP contribution in [0.25, 0.3) is 10.2 Å². The molecule has 0 spiro atoms. The van der Waals surface area contributed by atoms with Crippen LogP contribution >= 0.6 is 23.6 Å². The van der Waals surface area contributed by atoms with E-state index in [0.717, 1.165) is 35.2 Å². The number of anilines is 1. The maximum absolute atomic E-state index is 12.8. The lowest BCUT2D eigenvalue weighted by Crippen LogP contribution is -2.35. The molecule has 2 N–H and O–H groups in total. The van der Waals surface area contributed by atoms with E-state index >= 15 is 0 Å². The number of para-hydroxylation sites is 1. The molecule has 122 valence electrons. The summed E-state index contributed by atoms with van der Waals surface area (Å²) in [5.74, 6) is 0. The number of thiocarbonyl (C=S) groups is 1. The predicted octanol–water partition coefficient (Wildman–Crippen LogP) is 3.28. The smallest absolute Gasteiger partial charge is 0.281 e. The Labute approximate surface area is 148 Å². The molecule has 0 saturated heterocycles. The minimum Gasteiger partial charge on any atom is -0.331 e. The zero-order chi connectivity index (χ0) is 16.5. The van der Waals surface area contributed by atoms with Crippen LogP contribution in [0.3, 0.4) is 0 Å². The molecule has 1 aliphatic rings. The van der Waals surface area contributed by atoms with Gasteiger partial charge in [-0.2, -0.15) is 0 Å². The van der Waals surface area contributed by atoms with Gasteiger partial charge in [0.05, 0.1) is 5.39 Å². The summed E-state index contributed by atoms with van der Waals surface area (Å²) in [4.78, 5) is 19.4. The molecule has 3 aromatic rings. The lowest BCUT2D eigenvalue weighted by Gasteiger charge is -2.13. The molecule has 24 heavy (non-hydrogen) atoms. The van der Waals surface area contributed by atoms with Gasteiger partial charge in [-0.25, -0.2) is 9.66 Å². The molecule has 1 aromatic carbocycles. The maximum atomic E-state index is 12.8. The molecular formula is C17H16N4OS2. The number of benzene rings is 1. The van der Waals surface area contributed by atoms with Crippen molar-refractivity contribution in [1.82, 2.24) is 9.66 Å². The van der Waals surface area contributed by atoms with Gasteiger partial charge in [0.25, 0.3) is 5.56 Å². The van der Waals surface area contributed by atoms with Crippen molar-refractivity contribution in [2.45, 2.75) is 25.7 Å². The molecule has 0 saturated carbocycles. The Morgan fingerprint density at radius 1 is 1.21 bits per heavy atom. The first-order valence-electron chi connectivity index (χ1n) is 7.87. The molecule has 5 nitrogen and oxygen atoms in total. The van der Waals surface area contributed by atoms with E-state index < -0.39 is 0 Å². The summed E-state index contributed by atoms with van der Waals surface area (Å²) in [6.45, 7) is 0. The molecule has 0 aliphatic heterocycles. The second kappa shape index (κ2) is 6.33. The summed E-state index contributed by atoms with van der Waals surface area (Å²) in [5.41, 5.74) is 4.87. The molecule has 0 radical (unpaired) electrons. The van der Waals surface area contributed by atoms with Gasteiger partial charge >= 0.3 is 0 Å². The summed E-state index contributed by atoms with van der Waals surface area (Å²) in [6, 6.07) is 9.59. The molecule has 0 amide bonds. The van der Waals surface area contributed by atoms with E-state index in [9.17, 15) is 4.79 Å². The first-order chi connectivity index (χ1) is 11.7. The average Bonchev–Trinajstić information content (AvgIpc) is 2.97. The lowest BCUT2D eigenvalue weighted by atomic mass is 9.97. The summed E-state index contributed by atoms with van der Waals surface area (Å²) >= 11 is 6.94. The van der Waals surface area contributed by atoms with Crippen LogP contribution in [0.4, 0.5) is 5.69 Å². The van der Waals surface area contributed by atoms with Crippen molar-refractivity contribution in [2.75, 3.05) is 10.7 Å². The molecule has 7 heteroatoms. The van der Waals surface area contributed by atoms with Crippen LogP contribution in [0.5, 0.6) is 0 Å². The quantitative estimate of drug-likeness (QED) is 0.690. The normalized spacial score (nSPS) is 13.5. The van der Waals surface area contributed by atoms with Gasteiger partial charge in [0, 0.05) is 10.6 Å². The van der Waals surface area contributed by atoms with E-state index in [-0.39, 0.29) is 5.56 Å². The van der Waals surface area contributed by atoms with Crippen molar-refractivity contribution in [3.05, 3.63) is 57.5 Å². The Kier molecular flexibility index (Phi) is 4.03. The second-order valence-electron chi connectivity index (χ2n) is 5.74. The SMILES string of the molecule is O=c1c2c3c(sc2ncn1NC(=S)Nc1ccccc1)CCCC3. The van der Waals surface area contributed by atoms with E-state index in [1.807, 2.05) is 30.3 Å². The predicted molar refractivity (Wildman–Crippen MR) is 103 cm³/mol. The van der Waals surface area contributed by atoms with Crippen LogP contribution in [-0.2, 0) is 12.8 Å². The van der Waals surface area contributed by atoms with E-state index in [0.29, 0.717) is 5.11 Å². The van der Waals surface area contributed by atoms with Crippen LogP contribution in [0.1, 0.15) is 23.3 Å². The lowest BCUT2D eigenvalue weighted by molar-refractivity contribution is 0.699. The van der Waals surface area contributed by atoms with Crippen molar-refractivity contribution in [3.63, 3.8) is 0 Å². The van der Waals surface area contributed by atoms with E-state index in [4.69, 9.17) is 12.2 Å². The van der Waals surface area contributed by atoms with Crippen molar-refractivity contribution in [1.29, 1.82) is 0 Å². The van der Waals surface area contributed by atoms with Gasteiger partial charge in [-0.15, -0.1) is 11.3 Å². The van der Waals surface area contributed by atoms with Crippen LogP contribution in [0.2, 0.25) is 0 Å². The minimum atomic E-state index is -0.0865. The number of thiophene rings is 1. The number of aromatic nitrogens is 2. The summed E-state index contributed by atoms with van der Waals surface area (Å²) < 4.78 is 1.36. The van der Waals surface area contributed by atoms with Crippen LogP contribution in [0, 0.1) is 0 Å². The third-order valence-corrected chi connectivity index (χ3v) is 5.52. The van der Waals surface area contributed by atoms with Gasteiger partial charge in [-0.3, -0.25) is 10.2 Å². The maximum Gasteiger partial charge on any atom is 0.281 e. The Bertz CT molecular complexity index is 962. The monoisotopic (exact) mass is 356 g/mol. The van der Waals surface area contributed by atoms with Gasteiger partial charge in [-0.1, -0.05) is 18.2 Å². The standard InChI is InChI=1S/C17H16N4OS2/c22-16-14-12-8-4-5-9-13(12)24-15(14)18-10-21(16)20-17(23)19-11-6-2-1-3-7-11/h1-3,6-7,10H,4-5,8-9H2,(H2,19,20,23). The largest absolute Gasteiger partial charge is 0.331 e. The first kappa shape index (κ1) is 15.3. The number of hydrogen-bond acceptors (Lipinski definition) is 4. The van der Waals surface area contributed by atoms with Crippen molar-refractivity contribution in [2.24, 2.45) is 0 Å². The van der Waals surface area contributed by atoms with Crippen molar-refractivity contribution in [3.8, 4) is 0 Å². The van der Waals surface area contributed by atoms with Gasteiger partial charge in [-0.05, 0) is 55.6 Å². The van der Waals surface area contributed by atoms with Gasteiger partial charge < -0.3 is 5.32 Å². The van der Waals surface area contributed by atoms with Gasteiger partial charge in [0.15, 0.2) is 5.11 Å². The summed E-state index contributed by atoms with van der Waals surface area (Å²) in [5, 5.41) is 4.16. The van der Waals surface area contributed by atoms with E-state index in [1.54, 1.807) is 11.3 Å². The topological polar surface area (TPSA) is 59.0 Å². The van der Waals surface area contributed by atoms with Crippen LogP contribution in [-0.4, -0.2) is 14.8 Å². The highest BCUT2D eigenvalue weighted by Gasteiger charge is 2.20. The van der Waals surface area contributed by atoms with Crippen molar-refractivity contribution < 1.29 is 0 Å². The molecule has 0 fully saturated rings. The summed E-state index contributed by atoms with van der Waals surface area (Å²) in [6.07, 6.45) is 5.84. The molecule has 0 bridgehead atoms. The third-order valence-electron chi connectivity index (χ3n) is 4.13. The number of rotatable bonds is 2. The zero-order valence-electron chi connectivity index (χ0n) is 12.9. The number of hydrogen-bond donors (Lipinski definition) is 2. The second-order valence-corrected chi connectivity index (χ2v) is 7.23. The number of fused-ring (bicyclic) bond motifs is 3. The number of nitrogens with one attached hydrogen (secondary N) is 2. The van der Waals surface area contributed by atoms with E-state index in [2.05, 4.69) is 15.7 Å². The fourth-order valence-corrected chi connectivity index (χ4v) is 4.45. The molecule has 2 heterocycles. The molecule has 0 atom stereocenters. The van der Waals surface area contributed by atoms with Crippen LogP contribution in [0.15, 0.2) is 41.5 Å². The third kappa shape index (κ3) is 2.81. The minimum absolute atomic E-state index is 0.0865. The molecule has 1 aliphatic carbocycles. The molecular weight excluding hydrogens is 340 g/mol. The highest BCUT2D eigenvalue weighted by molar-refractivity contribution is 7.80. The Morgan fingerprint density at radius 3 is 2.83 bits per heavy atom. The van der Waals surface area contributed by atoms with E-state index in [1.165, 1.54) is 27.9 Å². The Morgan fingerprint density at radius 2 is 2.00 bits per heavy atom. The highest BCUT2D eigenvalue weighted by atomic mass is 32.1. The summed E-state index contributed by atoms with van der Waals surface area (Å²) in [7, 11) is 0. The van der Waals surface area contributed by atoms with Crippen LogP contribution < -0.4 is 16.3 Å². The zero-order valence-corrected chi connectivity index (χ0v) is 14.5. The molecule has 2 aromatic heterocycles. The van der Waals surface area contributed by atoms with Crippen molar-refractivity contribution >= 4 is 44.6 Å². The first-order valence-corrected chi connectivity index (χ1v) is 9.10. The van der Waals surface area contributed by atoms with Gasteiger partial charge in [0.1, 0.15) is 11.2 Å².